The van der Waals surface area contributed by atoms with Gasteiger partial charge in [-0.15, -0.1) is 0 Å². The van der Waals surface area contributed by atoms with E-state index < -0.39 is 17.7 Å². The second kappa shape index (κ2) is 11.0. The molecular weight excluding hydrogens is 462 g/mol. The van der Waals surface area contributed by atoms with Crippen molar-refractivity contribution < 1.29 is 23.6 Å². The van der Waals surface area contributed by atoms with Crippen molar-refractivity contribution in [2.24, 2.45) is 10.2 Å². The number of hydrogen-bond donors (Lipinski definition) is 1. The van der Waals surface area contributed by atoms with Crippen molar-refractivity contribution in [1.82, 2.24) is 10.1 Å². The van der Waals surface area contributed by atoms with Gasteiger partial charge in [0.1, 0.15) is 11.5 Å². The first-order chi connectivity index (χ1) is 17.5. The molecule has 0 bridgehead atoms. The molecule has 1 N–H and O–H groups in total. The van der Waals surface area contributed by atoms with Crippen LogP contribution in [0.3, 0.4) is 0 Å². The number of ether oxygens (including phenoxy) is 2. The molecule has 1 atom stereocenters. The van der Waals surface area contributed by atoms with Crippen LogP contribution in [0, 0.1) is 0 Å². The van der Waals surface area contributed by atoms with Crippen LogP contribution >= 0.6 is 0 Å². The summed E-state index contributed by atoms with van der Waals surface area (Å²) in [5.74, 6) is 0.447. The predicted octanol–water partition coefficient (Wildman–Crippen LogP) is 5.10. The minimum absolute atomic E-state index is 0.232. The number of nitrogens with zero attached hydrogens (tertiary/aromatic N) is 4. The molecule has 0 fully saturated rings. The van der Waals surface area contributed by atoms with Crippen molar-refractivity contribution in [2.45, 2.75) is 13.0 Å². The SMILES string of the molecule is COc1ccc(NC(=O)C(N=Nc2ccccc2-c2nc(-c3ccccc3)no2)C(C)=O)c(OC)c1. The number of methoxy groups -OCH3 is 2. The molecule has 4 rings (SSSR count). The molecule has 4 aromatic rings. The van der Waals surface area contributed by atoms with Gasteiger partial charge in [0, 0.05) is 11.6 Å². The van der Waals surface area contributed by atoms with Crippen molar-refractivity contribution in [1.29, 1.82) is 0 Å². The number of anilines is 1. The van der Waals surface area contributed by atoms with E-state index in [1.807, 2.05) is 30.3 Å². The Kier molecular flexibility index (Phi) is 7.45. The van der Waals surface area contributed by atoms with Crippen LogP contribution in [-0.4, -0.2) is 42.1 Å². The summed E-state index contributed by atoms with van der Waals surface area (Å²) in [5.41, 5.74) is 2.04. The molecule has 36 heavy (non-hydrogen) atoms. The molecule has 0 spiro atoms. The largest absolute Gasteiger partial charge is 0.497 e. The third kappa shape index (κ3) is 5.44. The minimum atomic E-state index is -1.38. The van der Waals surface area contributed by atoms with E-state index in [-0.39, 0.29) is 5.89 Å². The van der Waals surface area contributed by atoms with Gasteiger partial charge in [-0.2, -0.15) is 15.2 Å². The summed E-state index contributed by atoms with van der Waals surface area (Å²) in [5, 5.41) is 14.9. The molecule has 1 unspecified atom stereocenters. The van der Waals surface area contributed by atoms with Gasteiger partial charge in [0.05, 0.1) is 31.2 Å². The molecule has 0 aliphatic heterocycles. The lowest BCUT2D eigenvalue weighted by Gasteiger charge is -2.13. The molecule has 1 heterocycles. The number of amides is 1. The van der Waals surface area contributed by atoms with Crippen LogP contribution in [0.15, 0.2) is 87.5 Å². The highest BCUT2D eigenvalue weighted by Gasteiger charge is 2.25. The van der Waals surface area contributed by atoms with E-state index in [1.165, 1.54) is 21.1 Å². The normalized spacial score (nSPS) is 11.8. The number of nitrogens with one attached hydrogen (secondary N) is 1. The summed E-state index contributed by atoms with van der Waals surface area (Å²) in [6.07, 6.45) is 0. The number of Topliss-reactive ketones (excluding diaryl/α,β-unsaturated/α-hetero) is 1. The van der Waals surface area contributed by atoms with Crippen molar-refractivity contribution in [3.63, 3.8) is 0 Å². The van der Waals surface area contributed by atoms with Gasteiger partial charge in [-0.1, -0.05) is 47.6 Å². The van der Waals surface area contributed by atoms with Crippen LogP contribution in [0.1, 0.15) is 6.92 Å². The zero-order chi connectivity index (χ0) is 25.5. The Bertz CT molecular complexity index is 1400. The maximum Gasteiger partial charge on any atom is 0.260 e. The summed E-state index contributed by atoms with van der Waals surface area (Å²) in [6, 6.07) is 19.8. The number of carbonyl (C=O) groups is 2. The lowest BCUT2D eigenvalue weighted by molar-refractivity contribution is -0.126. The summed E-state index contributed by atoms with van der Waals surface area (Å²) in [7, 11) is 2.98. The van der Waals surface area contributed by atoms with Gasteiger partial charge in [0.15, 0.2) is 5.78 Å². The summed E-state index contributed by atoms with van der Waals surface area (Å²) < 4.78 is 15.9. The Labute approximate surface area is 207 Å². The third-order valence-corrected chi connectivity index (χ3v) is 5.17. The number of aromatic nitrogens is 2. The number of hydrogen-bond acceptors (Lipinski definition) is 9. The zero-order valence-corrected chi connectivity index (χ0v) is 19.8. The maximum atomic E-state index is 12.9. The van der Waals surface area contributed by atoms with Gasteiger partial charge in [0.2, 0.25) is 11.9 Å². The van der Waals surface area contributed by atoms with Crippen LogP contribution in [0.5, 0.6) is 11.5 Å². The number of rotatable bonds is 9. The monoisotopic (exact) mass is 485 g/mol. The van der Waals surface area contributed by atoms with Crippen molar-refractivity contribution >= 4 is 23.1 Å². The van der Waals surface area contributed by atoms with Crippen molar-refractivity contribution in [3.8, 4) is 34.3 Å². The Balaban J connectivity index is 1.58. The first-order valence-electron chi connectivity index (χ1n) is 10.9. The molecule has 10 nitrogen and oxygen atoms in total. The van der Waals surface area contributed by atoms with E-state index in [4.69, 9.17) is 14.0 Å². The third-order valence-electron chi connectivity index (χ3n) is 5.17. The number of carbonyl (C=O) groups excluding carboxylic acids is 2. The first-order valence-corrected chi connectivity index (χ1v) is 10.9. The lowest BCUT2D eigenvalue weighted by atomic mass is 10.1. The molecule has 1 amide bonds. The topological polar surface area (TPSA) is 128 Å². The van der Waals surface area contributed by atoms with E-state index in [2.05, 4.69) is 25.7 Å². The van der Waals surface area contributed by atoms with Gasteiger partial charge >= 0.3 is 0 Å². The highest BCUT2D eigenvalue weighted by Crippen LogP contribution is 2.32. The molecule has 0 aliphatic carbocycles. The van der Waals surface area contributed by atoms with Crippen LogP contribution in [0.2, 0.25) is 0 Å². The molecule has 3 aromatic carbocycles. The highest BCUT2D eigenvalue weighted by atomic mass is 16.5. The van der Waals surface area contributed by atoms with E-state index in [0.717, 1.165) is 5.56 Å². The lowest BCUT2D eigenvalue weighted by Crippen LogP contribution is -2.32. The zero-order valence-electron chi connectivity index (χ0n) is 19.8. The Hall–Kier alpha value is -4.86. The fourth-order valence-electron chi connectivity index (χ4n) is 3.32. The average Bonchev–Trinajstić information content (AvgIpc) is 3.40. The molecule has 0 radical (unpaired) electrons. The van der Waals surface area contributed by atoms with E-state index in [9.17, 15) is 9.59 Å². The van der Waals surface area contributed by atoms with Gasteiger partial charge in [-0.3, -0.25) is 9.59 Å². The summed E-state index contributed by atoms with van der Waals surface area (Å²) in [4.78, 5) is 29.6. The summed E-state index contributed by atoms with van der Waals surface area (Å²) >= 11 is 0. The Morgan fingerprint density at radius 2 is 1.72 bits per heavy atom. The van der Waals surface area contributed by atoms with Crippen molar-refractivity contribution in [2.75, 3.05) is 19.5 Å². The first kappa shape index (κ1) is 24.3. The molecule has 0 aliphatic rings. The number of ketones is 1. The smallest absolute Gasteiger partial charge is 0.260 e. The van der Waals surface area contributed by atoms with Gasteiger partial charge in [0.25, 0.3) is 11.8 Å². The molecule has 10 heteroatoms. The van der Waals surface area contributed by atoms with Crippen LogP contribution < -0.4 is 14.8 Å². The molecule has 182 valence electrons. The second-order valence-corrected chi connectivity index (χ2v) is 7.59. The highest BCUT2D eigenvalue weighted by molar-refractivity contribution is 6.10. The average molecular weight is 486 g/mol. The Morgan fingerprint density at radius 3 is 2.44 bits per heavy atom. The fraction of sp³-hybridized carbons (Fsp3) is 0.154. The van der Waals surface area contributed by atoms with E-state index in [1.54, 1.807) is 42.5 Å². The van der Waals surface area contributed by atoms with Gasteiger partial charge in [-0.05, 0) is 31.2 Å². The van der Waals surface area contributed by atoms with Crippen LogP contribution in [0.25, 0.3) is 22.8 Å². The van der Waals surface area contributed by atoms with Crippen LogP contribution in [-0.2, 0) is 9.59 Å². The van der Waals surface area contributed by atoms with Gasteiger partial charge < -0.3 is 19.3 Å². The number of benzene rings is 3. The van der Waals surface area contributed by atoms with Gasteiger partial charge in [-0.25, -0.2) is 0 Å². The standard InChI is InChI=1S/C26H23N5O5/c1-16(32)23(25(33)27-21-14-13-18(34-2)15-22(21)35-3)30-29-20-12-8-7-11-19(20)26-28-24(31-36-26)17-9-5-4-6-10-17/h4-15,23H,1-3H3,(H,27,33). The fourth-order valence-corrected chi connectivity index (χ4v) is 3.32. The van der Waals surface area contributed by atoms with Crippen molar-refractivity contribution in [3.05, 3.63) is 72.8 Å². The number of azo groups is 1. The predicted molar refractivity (Wildman–Crippen MR) is 132 cm³/mol. The van der Waals surface area contributed by atoms with E-state index >= 15 is 0 Å². The molecule has 0 saturated heterocycles. The quantitative estimate of drug-likeness (QED) is 0.258. The molecule has 1 aromatic heterocycles. The second-order valence-electron chi connectivity index (χ2n) is 7.59. The van der Waals surface area contributed by atoms with Crippen LogP contribution in [0.4, 0.5) is 11.4 Å². The molecule has 0 saturated carbocycles. The maximum absolute atomic E-state index is 12.9. The minimum Gasteiger partial charge on any atom is -0.497 e. The molecular formula is C26H23N5O5. The Morgan fingerprint density at radius 1 is 0.972 bits per heavy atom. The summed E-state index contributed by atoms with van der Waals surface area (Å²) in [6.45, 7) is 1.27. The van der Waals surface area contributed by atoms with E-state index in [0.29, 0.717) is 34.3 Å².